The molecule has 1 fully saturated rings. The van der Waals surface area contributed by atoms with Crippen molar-refractivity contribution in [3.8, 4) is 0 Å². The van der Waals surface area contributed by atoms with Crippen molar-refractivity contribution < 1.29 is 24.2 Å². The van der Waals surface area contributed by atoms with Crippen molar-refractivity contribution >= 4 is 11.8 Å². The van der Waals surface area contributed by atoms with E-state index in [2.05, 4.69) is 0 Å². The monoisotopic (exact) mass is 380 g/mol. The number of carbonyl (C=O) groups excluding carboxylic acids is 2. The molecule has 1 aliphatic rings. The quantitative estimate of drug-likeness (QED) is 0.481. The second-order valence-electron chi connectivity index (χ2n) is 8.07. The van der Waals surface area contributed by atoms with E-state index in [0.29, 0.717) is 25.9 Å². The standard InChI is InChI=1S/C22H36O5/c1-16(2)8-10-20(24)17(3)7-6-13-22(5)21(25)11-9-19(15-27-22)12-14-26-18(4)23/h8,12,17,21,25H,6-7,9-11,13-15H2,1-5H3/t17?,21-,22-/m0/s1. The summed E-state index contributed by atoms with van der Waals surface area (Å²) in [4.78, 5) is 23.0. The highest BCUT2D eigenvalue weighted by atomic mass is 16.5. The molecule has 1 saturated heterocycles. The lowest BCUT2D eigenvalue weighted by Crippen LogP contribution is -2.41. The zero-order chi connectivity index (χ0) is 20.4. The number of carbonyl (C=O) groups is 2. The summed E-state index contributed by atoms with van der Waals surface area (Å²) in [6, 6.07) is 0. The third-order valence-corrected chi connectivity index (χ3v) is 5.26. The molecule has 154 valence electrons. The normalized spacial score (nSPS) is 25.6. The van der Waals surface area contributed by atoms with Crippen LogP contribution in [0.4, 0.5) is 0 Å². The Labute approximate surface area is 163 Å². The second kappa shape index (κ2) is 11.4. The molecule has 1 rings (SSSR count). The fourth-order valence-electron chi connectivity index (χ4n) is 3.16. The first-order chi connectivity index (χ1) is 12.6. The molecule has 0 aromatic heterocycles. The van der Waals surface area contributed by atoms with Crippen LogP contribution in [-0.2, 0) is 19.1 Å². The number of ether oxygens (including phenoxy) is 2. The topological polar surface area (TPSA) is 72.8 Å². The Morgan fingerprint density at radius 2 is 2.07 bits per heavy atom. The van der Waals surface area contributed by atoms with Crippen molar-refractivity contribution in [2.75, 3.05) is 13.2 Å². The number of ketones is 1. The van der Waals surface area contributed by atoms with Crippen LogP contribution in [0.3, 0.4) is 0 Å². The largest absolute Gasteiger partial charge is 0.462 e. The Morgan fingerprint density at radius 1 is 1.37 bits per heavy atom. The van der Waals surface area contributed by atoms with E-state index < -0.39 is 11.7 Å². The molecule has 1 N–H and O–H groups in total. The van der Waals surface area contributed by atoms with Crippen LogP contribution in [0.5, 0.6) is 0 Å². The number of rotatable bonds is 9. The van der Waals surface area contributed by atoms with E-state index in [4.69, 9.17) is 9.47 Å². The molecule has 5 nitrogen and oxygen atoms in total. The molecule has 0 aromatic carbocycles. The number of Topliss-reactive ketones (excluding diaryl/α,β-unsaturated/α-hetero) is 1. The summed E-state index contributed by atoms with van der Waals surface area (Å²) >= 11 is 0. The molecule has 1 aliphatic heterocycles. The van der Waals surface area contributed by atoms with Crippen molar-refractivity contribution in [3.05, 3.63) is 23.3 Å². The number of aliphatic hydroxyl groups excluding tert-OH is 1. The van der Waals surface area contributed by atoms with Crippen LogP contribution < -0.4 is 0 Å². The summed E-state index contributed by atoms with van der Waals surface area (Å²) < 4.78 is 11.0. The molecular weight excluding hydrogens is 344 g/mol. The van der Waals surface area contributed by atoms with Gasteiger partial charge in [-0.15, -0.1) is 0 Å². The van der Waals surface area contributed by atoms with Crippen molar-refractivity contribution in [2.24, 2.45) is 5.92 Å². The van der Waals surface area contributed by atoms with Gasteiger partial charge in [0.1, 0.15) is 12.4 Å². The van der Waals surface area contributed by atoms with Gasteiger partial charge in [0.25, 0.3) is 0 Å². The first-order valence-corrected chi connectivity index (χ1v) is 9.93. The second-order valence-corrected chi connectivity index (χ2v) is 8.07. The van der Waals surface area contributed by atoms with Gasteiger partial charge in [-0.05, 0) is 64.5 Å². The van der Waals surface area contributed by atoms with Gasteiger partial charge in [0.05, 0.1) is 18.3 Å². The zero-order valence-electron chi connectivity index (χ0n) is 17.5. The van der Waals surface area contributed by atoms with Gasteiger partial charge in [-0.3, -0.25) is 9.59 Å². The van der Waals surface area contributed by atoms with E-state index in [9.17, 15) is 14.7 Å². The Morgan fingerprint density at radius 3 is 2.70 bits per heavy atom. The lowest BCUT2D eigenvalue weighted by atomic mass is 9.87. The molecule has 0 spiro atoms. The third kappa shape index (κ3) is 8.85. The fraction of sp³-hybridized carbons (Fsp3) is 0.727. The van der Waals surface area contributed by atoms with E-state index in [1.807, 2.05) is 39.8 Å². The number of allylic oxidation sites excluding steroid dienone is 2. The number of hydrogen-bond donors (Lipinski definition) is 1. The maximum Gasteiger partial charge on any atom is 0.302 e. The SMILES string of the molecule is CC(=O)OCC=C1CC[C@H](O)[C@](C)(CCCC(C)C(=O)CC=C(C)C)OC1. The zero-order valence-corrected chi connectivity index (χ0v) is 17.5. The van der Waals surface area contributed by atoms with Gasteiger partial charge in [-0.1, -0.05) is 18.6 Å². The Bertz CT molecular complexity index is 559. The van der Waals surface area contributed by atoms with E-state index in [1.54, 1.807) is 0 Å². The smallest absolute Gasteiger partial charge is 0.302 e. The number of esters is 1. The Balaban J connectivity index is 2.50. The highest BCUT2D eigenvalue weighted by Gasteiger charge is 2.36. The summed E-state index contributed by atoms with van der Waals surface area (Å²) in [7, 11) is 0. The minimum Gasteiger partial charge on any atom is -0.462 e. The number of aliphatic hydroxyl groups is 1. The van der Waals surface area contributed by atoms with Crippen LogP contribution in [0.1, 0.15) is 73.1 Å². The summed E-state index contributed by atoms with van der Waals surface area (Å²) in [6.45, 7) is 9.98. The molecule has 0 aliphatic carbocycles. The van der Waals surface area contributed by atoms with Crippen LogP contribution in [0.25, 0.3) is 0 Å². The predicted molar refractivity (Wildman–Crippen MR) is 106 cm³/mol. The minimum atomic E-state index is -0.611. The van der Waals surface area contributed by atoms with Crippen LogP contribution in [0.2, 0.25) is 0 Å². The maximum atomic E-state index is 12.2. The van der Waals surface area contributed by atoms with Gasteiger partial charge in [-0.2, -0.15) is 0 Å². The molecule has 0 bridgehead atoms. The van der Waals surface area contributed by atoms with E-state index >= 15 is 0 Å². The lowest BCUT2D eigenvalue weighted by molar-refractivity contribution is -0.139. The lowest BCUT2D eigenvalue weighted by Gasteiger charge is -2.33. The van der Waals surface area contributed by atoms with E-state index in [1.165, 1.54) is 6.92 Å². The number of hydrogen-bond acceptors (Lipinski definition) is 5. The van der Waals surface area contributed by atoms with Gasteiger partial charge < -0.3 is 14.6 Å². The van der Waals surface area contributed by atoms with Crippen molar-refractivity contribution in [2.45, 2.75) is 84.8 Å². The van der Waals surface area contributed by atoms with Crippen LogP contribution in [0, 0.1) is 5.92 Å². The van der Waals surface area contributed by atoms with Gasteiger partial charge >= 0.3 is 5.97 Å². The fourth-order valence-corrected chi connectivity index (χ4v) is 3.16. The summed E-state index contributed by atoms with van der Waals surface area (Å²) in [5.74, 6) is -0.0230. The van der Waals surface area contributed by atoms with Gasteiger partial charge in [0, 0.05) is 19.3 Å². The average Bonchev–Trinajstić information content (AvgIpc) is 2.73. The summed E-state index contributed by atoms with van der Waals surface area (Å²) in [5, 5.41) is 10.5. The summed E-state index contributed by atoms with van der Waals surface area (Å²) in [5.41, 5.74) is 1.60. The summed E-state index contributed by atoms with van der Waals surface area (Å²) in [6.07, 6.45) is 7.49. The molecule has 0 saturated carbocycles. The van der Waals surface area contributed by atoms with Gasteiger partial charge in [-0.25, -0.2) is 0 Å². The Kier molecular flexibility index (Phi) is 9.95. The highest BCUT2D eigenvalue weighted by Crippen LogP contribution is 2.31. The van der Waals surface area contributed by atoms with Crippen molar-refractivity contribution in [3.63, 3.8) is 0 Å². The van der Waals surface area contributed by atoms with Gasteiger partial charge in [0.2, 0.25) is 0 Å². The maximum absolute atomic E-state index is 12.2. The highest BCUT2D eigenvalue weighted by molar-refractivity contribution is 5.82. The van der Waals surface area contributed by atoms with Crippen molar-refractivity contribution in [1.82, 2.24) is 0 Å². The molecule has 3 atom stereocenters. The first-order valence-electron chi connectivity index (χ1n) is 9.93. The third-order valence-electron chi connectivity index (χ3n) is 5.26. The predicted octanol–water partition coefficient (Wildman–Crippen LogP) is 4.14. The molecule has 1 heterocycles. The minimum absolute atomic E-state index is 0.0197. The molecule has 0 amide bonds. The molecule has 1 unspecified atom stereocenters. The Hall–Kier alpha value is -1.46. The van der Waals surface area contributed by atoms with Crippen LogP contribution >= 0.6 is 0 Å². The molecule has 27 heavy (non-hydrogen) atoms. The first kappa shape index (κ1) is 23.6. The molecule has 5 heteroatoms. The van der Waals surface area contributed by atoms with Crippen LogP contribution in [-0.4, -0.2) is 41.8 Å². The van der Waals surface area contributed by atoms with E-state index in [0.717, 1.165) is 30.4 Å². The molecule has 0 aromatic rings. The molecular formula is C22H36O5. The van der Waals surface area contributed by atoms with Crippen LogP contribution in [0.15, 0.2) is 23.3 Å². The van der Waals surface area contributed by atoms with E-state index in [-0.39, 0.29) is 24.3 Å². The van der Waals surface area contributed by atoms with Gasteiger partial charge in [0.15, 0.2) is 0 Å². The van der Waals surface area contributed by atoms with Crippen molar-refractivity contribution in [1.29, 1.82) is 0 Å². The average molecular weight is 381 g/mol. The molecule has 0 radical (unpaired) electrons.